The molecule has 19 heavy (non-hydrogen) atoms. The molecular weight excluding hydrogens is 238 g/mol. The fourth-order valence-electron chi connectivity index (χ4n) is 2.30. The van der Waals surface area contributed by atoms with Crippen molar-refractivity contribution < 1.29 is 0 Å². The predicted octanol–water partition coefficient (Wildman–Crippen LogP) is 1.51. The number of nitrogens with one attached hydrogen (secondary N) is 1. The van der Waals surface area contributed by atoms with Gasteiger partial charge in [0.25, 0.3) is 0 Å². The van der Waals surface area contributed by atoms with Gasteiger partial charge in [-0.3, -0.25) is 4.90 Å². The monoisotopic (exact) mass is 265 g/mol. The first kappa shape index (κ1) is 14.5. The van der Waals surface area contributed by atoms with Gasteiger partial charge in [0, 0.05) is 25.2 Å². The van der Waals surface area contributed by atoms with Crippen molar-refractivity contribution in [1.82, 2.24) is 25.0 Å². The summed E-state index contributed by atoms with van der Waals surface area (Å²) in [7, 11) is 2.23. The van der Waals surface area contributed by atoms with E-state index in [1.165, 1.54) is 12.8 Å². The van der Waals surface area contributed by atoms with Crippen LogP contribution in [0.5, 0.6) is 0 Å². The molecule has 1 heterocycles. The lowest BCUT2D eigenvalue weighted by Crippen LogP contribution is -2.39. The fraction of sp³-hybridized carbons (Fsp3) is 0.857. The molecule has 1 aromatic heterocycles. The lowest BCUT2D eigenvalue weighted by atomic mass is 10.2. The Kier molecular flexibility index (Phi) is 4.93. The highest BCUT2D eigenvalue weighted by Gasteiger charge is 2.28. The van der Waals surface area contributed by atoms with E-state index in [2.05, 4.69) is 48.1 Å². The molecule has 1 aliphatic rings. The maximum atomic E-state index is 4.33. The third-order valence-corrected chi connectivity index (χ3v) is 3.77. The van der Waals surface area contributed by atoms with E-state index in [9.17, 15) is 0 Å². The molecule has 0 spiro atoms. The zero-order chi connectivity index (χ0) is 13.8. The minimum atomic E-state index is 0.578. The highest BCUT2D eigenvalue weighted by atomic mass is 15.3. The van der Waals surface area contributed by atoms with Gasteiger partial charge in [0.05, 0.1) is 6.54 Å². The Morgan fingerprint density at radius 3 is 2.79 bits per heavy atom. The first-order valence-corrected chi connectivity index (χ1v) is 7.37. The second-order valence-electron chi connectivity index (χ2n) is 6.13. The first-order chi connectivity index (χ1) is 9.08. The van der Waals surface area contributed by atoms with Crippen molar-refractivity contribution in [3.63, 3.8) is 0 Å². The van der Waals surface area contributed by atoms with Crippen molar-refractivity contribution >= 4 is 0 Å². The number of rotatable bonds is 8. The molecule has 0 bridgehead atoms. The summed E-state index contributed by atoms with van der Waals surface area (Å²) in [5.41, 5.74) is 0. The molecule has 0 aliphatic heterocycles. The maximum absolute atomic E-state index is 4.33. The molecule has 1 N–H and O–H groups in total. The molecule has 0 amide bonds. The number of likely N-dealkylation sites (N-methyl/N-ethyl adjacent to an activating group) is 1. The van der Waals surface area contributed by atoms with E-state index in [1.807, 2.05) is 4.68 Å². The molecule has 5 nitrogen and oxygen atoms in total. The quantitative estimate of drug-likeness (QED) is 0.774. The number of aromatic nitrogens is 3. The van der Waals surface area contributed by atoms with E-state index in [0.717, 1.165) is 31.5 Å². The van der Waals surface area contributed by atoms with Gasteiger partial charge in [-0.2, -0.15) is 5.10 Å². The SMILES string of the molecule is CC(C)Cn1ncnc1CNCC(C)N(C)C1CC1. The van der Waals surface area contributed by atoms with Crippen molar-refractivity contribution in [2.45, 2.75) is 58.8 Å². The van der Waals surface area contributed by atoms with Gasteiger partial charge in [-0.05, 0) is 32.7 Å². The molecule has 0 aromatic carbocycles. The van der Waals surface area contributed by atoms with Crippen molar-refractivity contribution in [3.8, 4) is 0 Å². The smallest absolute Gasteiger partial charge is 0.140 e. The molecule has 1 atom stereocenters. The molecule has 2 rings (SSSR count). The molecule has 1 aliphatic carbocycles. The maximum Gasteiger partial charge on any atom is 0.140 e. The molecule has 108 valence electrons. The molecule has 0 saturated heterocycles. The Morgan fingerprint density at radius 2 is 2.16 bits per heavy atom. The van der Waals surface area contributed by atoms with Crippen LogP contribution in [0.4, 0.5) is 0 Å². The third kappa shape index (κ3) is 4.28. The van der Waals surface area contributed by atoms with Gasteiger partial charge < -0.3 is 5.32 Å². The normalized spacial score (nSPS) is 17.4. The molecule has 5 heteroatoms. The average molecular weight is 265 g/mol. The van der Waals surface area contributed by atoms with Gasteiger partial charge in [0.1, 0.15) is 12.2 Å². The standard InChI is InChI=1S/C14H27N5/c1-11(2)9-19-14(16-10-17-19)8-15-7-12(3)18(4)13-5-6-13/h10-13,15H,5-9H2,1-4H3. The Labute approximate surface area is 116 Å². The van der Waals surface area contributed by atoms with Crippen LogP contribution in [0.2, 0.25) is 0 Å². The third-order valence-electron chi connectivity index (χ3n) is 3.77. The molecular formula is C14H27N5. The van der Waals surface area contributed by atoms with Gasteiger partial charge >= 0.3 is 0 Å². The lowest BCUT2D eigenvalue weighted by molar-refractivity contribution is 0.240. The average Bonchev–Trinajstić information content (AvgIpc) is 3.11. The van der Waals surface area contributed by atoms with Gasteiger partial charge in [0.2, 0.25) is 0 Å². The highest BCUT2D eigenvalue weighted by molar-refractivity contribution is 4.87. The van der Waals surface area contributed by atoms with Crippen molar-refractivity contribution in [2.75, 3.05) is 13.6 Å². The highest BCUT2D eigenvalue weighted by Crippen LogP contribution is 2.26. The largest absolute Gasteiger partial charge is 0.308 e. The van der Waals surface area contributed by atoms with Gasteiger partial charge in [0.15, 0.2) is 0 Å². The Bertz CT molecular complexity index is 383. The Morgan fingerprint density at radius 1 is 1.42 bits per heavy atom. The summed E-state index contributed by atoms with van der Waals surface area (Å²) in [5, 5.41) is 7.78. The summed E-state index contributed by atoms with van der Waals surface area (Å²) in [4.78, 5) is 6.81. The summed E-state index contributed by atoms with van der Waals surface area (Å²) in [6, 6.07) is 1.40. The van der Waals surface area contributed by atoms with Crippen LogP contribution in [-0.4, -0.2) is 45.3 Å². The second kappa shape index (κ2) is 6.48. The summed E-state index contributed by atoms with van der Waals surface area (Å²) in [6.07, 6.45) is 4.38. The zero-order valence-electron chi connectivity index (χ0n) is 12.6. The molecule has 1 saturated carbocycles. The van der Waals surface area contributed by atoms with Crippen LogP contribution < -0.4 is 5.32 Å². The summed E-state index contributed by atoms with van der Waals surface area (Å²) in [5.74, 6) is 1.63. The van der Waals surface area contributed by atoms with E-state index >= 15 is 0 Å². The molecule has 0 radical (unpaired) electrons. The molecule has 1 aromatic rings. The summed E-state index contributed by atoms with van der Waals surface area (Å²) >= 11 is 0. The van der Waals surface area contributed by atoms with Crippen LogP contribution in [0, 0.1) is 5.92 Å². The summed E-state index contributed by atoms with van der Waals surface area (Å²) in [6.45, 7) is 9.42. The number of hydrogen-bond donors (Lipinski definition) is 1. The van der Waals surface area contributed by atoms with Gasteiger partial charge in [-0.1, -0.05) is 13.8 Å². The molecule has 1 fully saturated rings. The second-order valence-corrected chi connectivity index (χ2v) is 6.13. The van der Waals surface area contributed by atoms with Gasteiger partial charge in [-0.25, -0.2) is 9.67 Å². The minimum Gasteiger partial charge on any atom is -0.308 e. The van der Waals surface area contributed by atoms with Crippen LogP contribution >= 0.6 is 0 Å². The van der Waals surface area contributed by atoms with Crippen LogP contribution in [0.3, 0.4) is 0 Å². The van der Waals surface area contributed by atoms with Crippen LogP contribution in [0.25, 0.3) is 0 Å². The van der Waals surface area contributed by atoms with E-state index < -0.39 is 0 Å². The minimum absolute atomic E-state index is 0.578. The van der Waals surface area contributed by atoms with Crippen LogP contribution in [0.15, 0.2) is 6.33 Å². The number of hydrogen-bond acceptors (Lipinski definition) is 4. The zero-order valence-corrected chi connectivity index (χ0v) is 12.6. The Hall–Kier alpha value is -0.940. The van der Waals surface area contributed by atoms with E-state index in [1.54, 1.807) is 6.33 Å². The Balaban J connectivity index is 1.74. The van der Waals surface area contributed by atoms with Crippen molar-refractivity contribution in [3.05, 3.63) is 12.2 Å². The van der Waals surface area contributed by atoms with Crippen LogP contribution in [-0.2, 0) is 13.1 Å². The van der Waals surface area contributed by atoms with E-state index in [0.29, 0.717) is 12.0 Å². The topological polar surface area (TPSA) is 46.0 Å². The summed E-state index contributed by atoms with van der Waals surface area (Å²) < 4.78 is 2.01. The van der Waals surface area contributed by atoms with Gasteiger partial charge in [-0.15, -0.1) is 0 Å². The van der Waals surface area contributed by atoms with Crippen molar-refractivity contribution in [1.29, 1.82) is 0 Å². The van der Waals surface area contributed by atoms with Crippen LogP contribution in [0.1, 0.15) is 39.4 Å². The lowest BCUT2D eigenvalue weighted by Gasteiger charge is -2.24. The van der Waals surface area contributed by atoms with E-state index in [-0.39, 0.29) is 0 Å². The predicted molar refractivity (Wildman–Crippen MR) is 76.8 cm³/mol. The number of nitrogens with zero attached hydrogens (tertiary/aromatic N) is 4. The first-order valence-electron chi connectivity index (χ1n) is 7.37. The van der Waals surface area contributed by atoms with E-state index in [4.69, 9.17) is 0 Å². The van der Waals surface area contributed by atoms with Crippen molar-refractivity contribution in [2.24, 2.45) is 5.92 Å². The molecule has 1 unspecified atom stereocenters. The fourth-order valence-corrected chi connectivity index (χ4v) is 2.30.